The Labute approximate surface area is 102 Å². The fraction of sp³-hybridized carbons (Fsp3) is 1.00. The van der Waals surface area contributed by atoms with E-state index in [4.69, 9.17) is 0 Å². The summed E-state index contributed by atoms with van der Waals surface area (Å²) in [4.78, 5) is 1.05. The number of nitrogens with one attached hydrogen (secondary N) is 1. The van der Waals surface area contributed by atoms with Crippen molar-refractivity contribution < 1.29 is 0 Å². The van der Waals surface area contributed by atoms with Crippen LogP contribution in [0.3, 0.4) is 0 Å². The van der Waals surface area contributed by atoms with Crippen LogP contribution < -0.4 is 5.32 Å². The maximum absolute atomic E-state index is 3.51. The van der Waals surface area contributed by atoms with E-state index in [2.05, 4.69) is 69.0 Å². The van der Waals surface area contributed by atoms with E-state index in [-0.39, 0.29) is 0 Å². The van der Waals surface area contributed by atoms with E-state index < -0.39 is 0 Å². The van der Waals surface area contributed by atoms with E-state index in [1.165, 1.54) is 0 Å². The summed E-state index contributed by atoms with van der Waals surface area (Å²) in [5.74, 6) is 0. The SMILES string of the molecule is BrCC(Br)CNCC(Br)CBr. The zero-order chi connectivity index (χ0) is 8.69. The minimum Gasteiger partial charge on any atom is -0.314 e. The first kappa shape index (κ1) is 12.9. The van der Waals surface area contributed by atoms with Crippen LogP contribution >= 0.6 is 63.7 Å². The van der Waals surface area contributed by atoms with Gasteiger partial charge < -0.3 is 5.32 Å². The molecule has 5 heteroatoms. The molecule has 68 valence electrons. The Bertz CT molecular complexity index is 80.7. The van der Waals surface area contributed by atoms with Crippen molar-refractivity contribution in [3.8, 4) is 0 Å². The predicted octanol–water partition coefficient (Wildman–Crippen LogP) is 2.89. The molecule has 0 rings (SSSR count). The summed E-state index contributed by atoms with van der Waals surface area (Å²) in [5, 5.41) is 5.31. The Hall–Kier alpha value is 1.88. The van der Waals surface area contributed by atoms with Crippen LogP contribution in [0.5, 0.6) is 0 Å². The number of hydrogen-bond donors (Lipinski definition) is 1. The molecule has 0 aromatic heterocycles. The maximum atomic E-state index is 3.51. The summed E-state index contributed by atoms with van der Waals surface area (Å²) in [7, 11) is 0. The highest BCUT2D eigenvalue weighted by Gasteiger charge is 2.03. The first-order chi connectivity index (χ1) is 5.20. The second-order valence-electron chi connectivity index (χ2n) is 2.16. The topological polar surface area (TPSA) is 12.0 Å². The van der Waals surface area contributed by atoms with Crippen LogP contribution in [0.4, 0.5) is 0 Å². The summed E-state index contributed by atoms with van der Waals surface area (Å²) in [6.45, 7) is 2.00. The number of hydrogen-bond acceptors (Lipinski definition) is 1. The molecule has 1 nitrogen and oxygen atoms in total. The maximum Gasteiger partial charge on any atom is 0.0367 e. The van der Waals surface area contributed by atoms with Gasteiger partial charge in [0.15, 0.2) is 0 Å². The largest absolute Gasteiger partial charge is 0.314 e. The number of halogens is 4. The number of alkyl halides is 4. The highest BCUT2D eigenvalue weighted by molar-refractivity contribution is 9.12. The van der Waals surface area contributed by atoms with Crippen LogP contribution in [-0.2, 0) is 0 Å². The molecule has 2 atom stereocenters. The Kier molecular flexibility index (Phi) is 9.93. The van der Waals surface area contributed by atoms with Gasteiger partial charge in [-0.3, -0.25) is 0 Å². The van der Waals surface area contributed by atoms with Gasteiger partial charge in [0.2, 0.25) is 0 Å². The molecule has 0 aromatic rings. The molecular formula is C6H11Br4N. The Balaban J connectivity index is 3.13. The molecule has 0 aliphatic rings. The van der Waals surface area contributed by atoms with Crippen LogP contribution in [0.15, 0.2) is 0 Å². The zero-order valence-corrected chi connectivity index (χ0v) is 12.3. The normalized spacial score (nSPS) is 16.4. The summed E-state index contributed by atoms with van der Waals surface area (Å²) in [5.41, 5.74) is 0. The third kappa shape index (κ3) is 8.22. The lowest BCUT2D eigenvalue weighted by atomic mass is 10.4. The minimum atomic E-state index is 0.525. The first-order valence-electron chi connectivity index (χ1n) is 3.31. The van der Waals surface area contributed by atoms with Gasteiger partial charge in [-0.2, -0.15) is 0 Å². The van der Waals surface area contributed by atoms with Crippen LogP contribution in [0.2, 0.25) is 0 Å². The van der Waals surface area contributed by atoms with Gasteiger partial charge in [-0.05, 0) is 0 Å². The van der Waals surface area contributed by atoms with Gasteiger partial charge in [0, 0.05) is 33.4 Å². The van der Waals surface area contributed by atoms with Gasteiger partial charge >= 0.3 is 0 Å². The van der Waals surface area contributed by atoms with Crippen molar-refractivity contribution in [3.63, 3.8) is 0 Å². The molecular weight excluding hydrogens is 406 g/mol. The molecule has 1 N–H and O–H groups in total. The van der Waals surface area contributed by atoms with Crippen LogP contribution in [0, 0.1) is 0 Å². The van der Waals surface area contributed by atoms with E-state index in [1.54, 1.807) is 0 Å². The fourth-order valence-corrected chi connectivity index (χ4v) is 1.42. The third-order valence-corrected chi connectivity index (χ3v) is 5.66. The number of rotatable bonds is 6. The van der Waals surface area contributed by atoms with E-state index in [1.807, 2.05) is 0 Å². The average molecular weight is 417 g/mol. The van der Waals surface area contributed by atoms with Crippen molar-refractivity contribution >= 4 is 63.7 Å². The molecule has 0 aliphatic heterocycles. The predicted molar refractivity (Wildman–Crippen MR) is 65.9 cm³/mol. The van der Waals surface area contributed by atoms with Gasteiger partial charge in [0.1, 0.15) is 0 Å². The smallest absolute Gasteiger partial charge is 0.0367 e. The van der Waals surface area contributed by atoms with Crippen molar-refractivity contribution in [3.05, 3.63) is 0 Å². The zero-order valence-electron chi connectivity index (χ0n) is 5.99. The van der Waals surface area contributed by atoms with E-state index >= 15 is 0 Å². The van der Waals surface area contributed by atoms with Crippen LogP contribution in [0.1, 0.15) is 0 Å². The second-order valence-corrected chi connectivity index (χ2v) is 6.05. The Morgan fingerprint density at radius 3 is 1.55 bits per heavy atom. The minimum absolute atomic E-state index is 0.525. The molecule has 0 amide bonds. The molecule has 0 aromatic carbocycles. The van der Waals surface area contributed by atoms with Gasteiger partial charge in [0.05, 0.1) is 0 Å². The molecule has 0 heterocycles. The highest BCUT2D eigenvalue weighted by atomic mass is 79.9. The van der Waals surface area contributed by atoms with Crippen molar-refractivity contribution in [2.75, 3.05) is 23.7 Å². The van der Waals surface area contributed by atoms with Crippen molar-refractivity contribution in [1.82, 2.24) is 5.32 Å². The van der Waals surface area contributed by atoms with Gasteiger partial charge in [-0.25, -0.2) is 0 Å². The summed E-state index contributed by atoms with van der Waals surface area (Å²) in [6.07, 6.45) is 0. The second kappa shape index (κ2) is 8.48. The van der Waals surface area contributed by atoms with E-state index in [9.17, 15) is 0 Å². The van der Waals surface area contributed by atoms with Crippen molar-refractivity contribution in [1.29, 1.82) is 0 Å². The quantitative estimate of drug-likeness (QED) is 0.657. The van der Waals surface area contributed by atoms with Crippen LogP contribution in [0.25, 0.3) is 0 Å². The molecule has 0 aliphatic carbocycles. The van der Waals surface area contributed by atoms with Gasteiger partial charge in [-0.15, -0.1) is 0 Å². The summed E-state index contributed by atoms with van der Waals surface area (Å²) < 4.78 is 0. The Morgan fingerprint density at radius 1 is 0.909 bits per heavy atom. The Morgan fingerprint density at radius 2 is 1.27 bits per heavy atom. The first-order valence-corrected chi connectivity index (χ1v) is 7.39. The monoisotopic (exact) mass is 413 g/mol. The lowest BCUT2D eigenvalue weighted by molar-refractivity contribution is 0.692. The molecule has 2 unspecified atom stereocenters. The summed E-state index contributed by atoms with van der Waals surface area (Å²) in [6, 6.07) is 0. The van der Waals surface area contributed by atoms with Gasteiger partial charge in [-0.1, -0.05) is 63.7 Å². The molecule has 0 fully saturated rings. The lowest BCUT2D eigenvalue weighted by Gasteiger charge is -2.10. The molecule has 0 spiro atoms. The van der Waals surface area contributed by atoms with Crippen molar-refractivity contribution in [2.45, 2.75) is 9.65 Å². The highest BCUT2D eigenvalue weighted by Crippen LogP contribution is 2.04. The van der Waals surface area contributed by atoms with Crippen molar-refractivity contribution in [2.24, 2.45) is 0 Å². The molecule has 0 saturated carbocycles. The average Bonchev–Trinajstić information content (AvgIpc) is 2.04. The fourth-order valence-electron chi connectivity index (χ4n) is 0.506. The molecule has 11 heavy (non-hydrogen) atoms. The summed E-state index contributed by atoms with van der Waals surface area (Å²) >= 11 is 13.8. The molecule has 0 bridgehead atoms. The standard InChI is InChI=1S/C6H11Br4N/c7-1-5(9)3-11-4-6(10)2-8/h5-6,11H,1-4H2. The van der Waals surface area contributed by atoms with E-state index in [0.717, 1.165) is 23.7 Å². The third-order valence-electron chi connectivity index (χ3n) is 1.07. The molecule has 0 radical (unpaired) electrons. The van der Waals surface area contributed by atoms with Crippen LogP contribution in [-0.4, -0.2) is 33.4 Å². The molecule has 0 saturated heterocycles. The van der Waals surface area contributed by atoms with E-state index in [0.29, 0.717) is 9.65 Å². The lowest BCUT2D eigenvalue weighted by Crippen LogP contribution is -2.29. The van der Waals surface area contributed by atoms with Gasteiger partial charge in [0.25, 0.3) is 0 Å².